The zero-order valence-electron chi connectivity index (χ0n) is 11.0. The Morgan fingerprint density at radius 1 is 1.22 bits per heavy atom. The predicted octanol–water partition coefficient (Wildman–Crippen LogP) is 3.82. The molecule has 0 unspecified atom stereocenters. The SMILES string of the molecule is CCc1ccc(OCC2(CBr)CCOCC2)cc1. The first kappa shape index (κ1) is 13.9. The number of aryl methyl sites for hydroxylation is 1. The molecule has 1 fully saturated rings. The molecule has 1 heterocycles. The van der Waals surface area contributed by atoms with Gasteiger partial charge in [-0.15, -0.1) is 0 Å². The molecule has 0 radical (unpaired) electrons. The van der Waals surface area contributed by atoms with Gasteiger partial charge in [0, 0.05) is 24.0 Å². The number of benzene rings is 1. The van der Waals surface area contributed by atoms with E-state index in [9.17, 15) is 0 Å². The predicted molar refractivity (Wildman–Crippen MR) is 77.6 cm³/mol. The minimum Gasteiger partial charge on any atom is -0.493 e. The molecule has 0 spiro atoms. The zero-order chi connectivity index (χ0) is 12.8. The Morgan fingerprint density at radius 2 is 1.89 bits per heavy atom. The van der Waals surface area contributed by atoms with Crippen molar-refractivity contribution in [2.75, 3.05) is 25.2 Å². The first-order valence-electron chi connectivity index (χ1n) is 6.63. The van der Waals surface area contributed by atoms with E-state index < -0.39 is 0 Å². The molecule has 0 amide bonds. The van der Waals surface area contributed by atoms with E-state index in [1.54, 1.807) is 0 Å². The molecule has 0 saturated carbocycles. The van der Waals surface area contributed by atoms with Crippen LogP contribution in [-0.2, 0) is 11.2 Å². The normalized spacial score (nSPS) is 18.6. The van der Waals surface area contributed by atoms with Gasteiger partial charge in [0.05, 0.1) is 6.61 Å². The van der Waals surface area contributed by atoms with E-state index in [2.05, 4.69) is 47.1 Å². The monoisotopic (exact) mass is 312 g/mol. The van der Waals surface area contributed by atoms with E-state index in [4.69, 9.17) is 9.47 Å². The third kappa shape index (κ3) is 3.48. The fourth-order valence-electron chi connectivity index (χ4n) is 2.18. The van der Waals surface area contributed by atoms with Gasteiger partial charge in [-0.1, -0.05) is 35.0 Å². The van der Waals surface area contributed by atoms with Crippen LogP contribution in [0.25, 0.3) is 0 Å². The molecule has 1 aromatic carbocycles. The van der Waals surface area contributed by atoms with Gasteiger partial charge in [0.15, 0.2) is 0 Å². The second-order valence-corrected chi connectivity index (χ2v) is 5.59. The van der Waals surface area contributed by atoms with Crippen molar-refractivity contribution < 1.29 is 9.47 Å². The molecule has 1 aromatic rings. The summed E-state index contributed by atoms with van der Waals surface area (Å²) in [5, 5.41) is 0.983. The van der Waals surface area contributed by atoms with Crippen LogP contribution in [0.3, 0.4) is 0 Å². The summed E-state index contributed by atoms with van der Waals surface area (Å²) in [6.45, 7) is 4.64. The van der Waals surface area contributed by atoms with E-state index in [0.29, 0.717) is 0 Å². The van der Waals surface area contributed by atoms with Crippen LogP contribution in [0.4, 0.5) is 0 Å². The average Bonchev–Trinajstić information content (AvgIpc) is 2.47. The average molecular weight is 313 g/mol. The summed E-state index contributed by atoms with van der Waals surface area (Å²) in [5.74, 6) is 0.971. The molecule has 0 aromatic heterocycles. The van der Waals surface area contributed by atoms with Crippen LogP contribution in [-0.4, -0.2) is 25.2 Å². The zero-order valence-corrected chi connectivity index (χ0v) is 12.5. The van der Waals surface area contributed by atoms with Gasteiger partial charge in [-0.2, -0.15) is 0 Å². The molecular weight excluding hydrogens is 292 g/mol. The second-order valence-electron chi connectivity index (χ2n) is 5.03. The number of alkyl halides is 1. The van der Waals surface area contributed by atoms with Crippen LogP contribution in [0.1, 0.15) is 25.3 Å². The van der Waals surface area contributed by atoms with Crippen LogP contribution in [0.5, 0.6) is 5.75 Å². The molecule has 2 nitrogen and oxygen atoms in total. The summed E-state index contributed by atoms with van der Waals surface area (Å²) in [4.78, 5) is 0. The standard InChI is InChI=1S/C15H21BrO2/c1-2-13-3-5-14(6-4-13)18-12-15(11-16)7-9-17-10-8-15/h3-6H,2,7-12H2,1H3. The first-order valence-corrected chi connectivity index (χ1v) is 7.76. The maximum absolute atomic E-state index is 5.95. The number of halogens is 1. The van der Waals surface area contributed by atoms with Crippen molar-refractivity contribution in [1.29, 1.82) is 0 Å². The lowest BCUT2D eigenvalue weighted by Gasteiger charge is -2.35. The van der Waals surface area contributed by atoms with Gasteiger partial charge in [-0.25, -0.2) is 0 Å². The molecule has 1 aliphatic heterocycles. The first-order chi connectivity index (χ1) is 8.78. The largest absolute Gasteiger partial charge is 0.493 e. The fraction of sp³-hybridized carbons (Fsp3) is 0.600. The molecule has 0 atom stereocenters. The Morgan fingerprint density at radius 3 is 2.44 bits per heavy atom. The molecule has 1 aliphatic rings. The number of hydrogen-bond acceptors (Lipinski definition) is 2. The van der Waals surface area contributed by atoms with Gasteiger partial charge < -0.3 is 9.47 Å². The number of ether oxygens (including phenoxy) is 2. The topological polar surface area (TPSA) is 18.5 Å². The van der Waals surface area contributed by atoms with E-state index in [1.165, 1.54) is 5.56 Å². The minimum atomic E-state index is 0.238. The lowest BCUT2D eigenvalue weighted by atomic mass is 9.83. The highest BCUT2D eigenvalue weighted by atomic mass is 79.9. The molecule has 100 valence electrons. The Labute approximate surface area is 118 Å². The summed E-state index contributed by atoms with van der Waals surface area (Å²) >= 11 is 3.63. The van der Waals surface area contributed by atoms with E-state index in [-0.39, 0.29) is 5.41 Å². The molecule has 0 bridgehead atoms. The van der Waals surface area contributed by atoms with Crippen molar-refractivity contribution in [2.45, 2.75) is 26.2 Å². The summed E-state index contributed by atoms with van der Waals surface area (Å²) in [6.07, 6.45) is 3.22. The van der Waals surface area contributed by atoms with Crippen molar-refractivity contribution >= 4 is 15.9 Å². The quantitative estimate of drug-likeness (QED) is 0.770. The van der Waals surface area contributed by atoms with Crippen LogP contribution < -0.4 is 4.74 Å². The van der Waals surface area contributed by atoms with Crippen molar-refractivity contribution in [3.05, 3.63) is 29.8 Å². The molecule has 0 N–H and O–H groups in total. The fourth-order valence-corrected chi connectivity index (χ4v) is 2.90. The van der Waals surface area contributed by atoms with Crippen LogP contribution in [0, 0.1) is 5.41 Å². The molecule has 1 saturated heterocycles. The molecule has 0 aliphatic carbocycles. The Kier molecular flexibility index (Phi) is 5.07. The van der Waals surface area contributed by atoms with Gasteiger partial charge in [0.25, 0.3) is 0 Å². The number of rotatable bonds is 5. The van der Waals surface area contributed by atoms with Crippen LogP contribution in [0.2, 0.25) is 0 Å². The lowest BCUT2D eigenvalue weighted by Crippen LogP contribution is -2.36. The van der Waals surface area contributed by atoms with E-state index in [1.807, 2.05) is 0 Å². The van der Waals surface area contributed by atoms with E-state index >= 15 is 0 Å². The number of hydrogen-bond donors (Lipinski definition) is 0. The third-order valence-corrected chi connectivity index (χ3v) is 4.90. The third-order valence-electron chi connectivity index (χ3n) is 3.71. The molecular formula is C15H21BrO2. The summed E-state index contributed by atoms with van der Waals surface area (Å²) < 4.78 is 11.4. The van der Waals surface area contributed by atoms with Crippen molar-refractivity contribution in [3.8, 4) is 5.75 Å². The summed E-state index contributed by atoms with van der Waals surface area (Å²) in [5.41, 5.74) is 1.59. The maximum atomic E-state index is 5.95. The Bertz CT molecular complexity index is 355. The van der Waals surface area contributed by atoms with Crippen LogP contribution in [0.15, 0.2) is 24.3 Å². The molecule has 2 rings (SSSR count). The molecule has 3 heteroatoms. The maximum Gasteiger partial charge on any atom is 0.119 e. The van der Waals surface area contributed by atoms with Gasteiger partial charge in [0.2, 0.25) is 0 Å². The van der Waals surface area contributed by atoms with Crippen molar-refractivity contribution in [3.63, 3.8) is 0 Å². The molecule has 18 heavy (non-hydrogen) atoms. The Hall–Kier alpha value is -0.540. The van der Waals surface area contributed by atoms with Gasteiger partial charge in [0.1, 0.15) is 5.75 Å². The van der Waals surface area contributed by atoms with Crippen molar-refractivity contribution in [1.82, 2.24) is 0 Å². The Balaban J connectivity index is 1.92. The highest BCUT2D eigenvalue weighted by Crippen LogP contribution is 2.33. The van der Waals surface area contributed by atoms with Gasteiger partial charge in [-0.05, 0) is 37.0 Å². The van der Waals surface area contributed by atoms with Crippen LogP contribution >= 0.6 is 15.9 Å². The van der Waals surface area contributed by atoms with Crippen molar-refractivity contribution in [2.24, 2.45) is 5.41 Å². The lowest BCUT2D eigenvalue weighted by molar-refractivity contribution is 0.00354. The van der Waals surface area contributed by atoms with Gasteiger partial charge >= 0.3 is 0 Å². The highest BCUT2D eigenvalue weighted by molar-refractivity contribution is 9.09. The smallest absolute Gasteiger partial charge is 0.119 e. The van der Waals surface area contributed by atoms with E-state index in [0.717, 1.165) is 50.2 Å². The second kappa shape index (κ2) is 6.58. The highest BCUT2D eigenvalue weighted by Gasteiger charge is 2.32. The minimum absolute atomic E-state index is 0.238. The summed E-state index contributed by atoms with van der Waals surface area (Å²) in [7, 11) is 0. The van der Waals surface area contributed by atoms with Gasteiger partial charge in [-0.3, -0.25) is 0 Å². The summed E-state index contributed by atoms with van der Waals surface area (Å²) in [6, 6.07) is 8.42.